The molecule has 0 fully saturated rings. The number of benzene rings is 2. The van der Waals surface area contributed by atoms with Gasteiger partial charge in [-0.2, -0.15) is 0 Å². The lowest BCUT2D eigenvalue weighted by Crippen LogP contribution is -2.20. The van der Waals surface area contributed by atoms with Gasteiger partial charge in [0.05, 0.1) is 11.3 Å². The summed E-state index contributed by atoms with van der Waals surface area (Å²) >= 11 is 0. The largest absolute Gasteiger partial charge is 0.454 e. The molecule has 0 aliphatic heterocycles. The zero-order valence-corrected chi connectivity index (χ0v) is 18.3. The van der Waals surface area contributed by atoms with Gasteiger partial charge in [0.1, 0.15) is 29.0 Å². The Labute approximate surface area is 201 Å². The Morgan fingerprint density at radius 3 is 2.51 bits per heavy atom. The van der Waals surface area contributed by atoms with Crippen LogP contribution in [-0.4, -0.2) is 20.9 Å². The third-order valence-corrected chi connectivity index (χ3v) is 4.42. The molecule has 1 amide bonds. The first-order valence-electron chi connectivity index (χ1n) is 9.60. The summed E-state index contributed by atoms with van der Waals surface area (Å²) in [6.45, 7) is 0. The molecule has 35 heavy (non-hydrogen) atoms. The third kappa shape index (κ3) is 6.06. The smallest absolute Gasteiger partial charge is 0.346 e. The lowest BCUT2D eigenvalue weighted by Gasteiger charge is -2.13. The van der Waals surface area contributed by atoms with Crippen LogP contribution < -0.4 is 26.8 Å². The lowest BCUT2D eigenvalue weighted by atomic mass is 10.2. The number of nitrogens with one attached hydrogen (secondary N) is 3. The van der Waals surface area contributed by atoms with Crippen LogP contribution in [0.1, 0.15) is 10.4 Å². The number of hydrogen-bond acceptors (Lipinski definition) is 7. The highest BCUT2D eigenvalue weighted by atomic mass is 35.5. The Kier molecular flexibility index (Phi) is 7.56. The predicted octanol–water partition coefficient (Wildman–Crippen LogP) is 4.37. The number of rotatable bonds is 6. The van der Waals surface area contributed by atoms with Crippen LogP contribution >= 0.6 is 12.4 Å². The molecule has 4 rings (SSSR count). The van der Waals surface area contributed by atoms with E-state index in [-0.39, 0.29) is 52.5 Å². The van der Waals surface area contributed by atoms with Gasteiger partial charge in [-0.05, 0) is 30.3 Å². The summed E-state index contributed by atoms with van der Waals surface area (Å²) in [6, 6.07) is 9.35. The third-order valence-electron chi connectivity index (χ3n) is 4.42. The maximum atomic E-state index is 14.6. The van der Waals surface area contributed by atoms with E-state index in [1.165, 1.54) is 30.5 Å². The Morgan fingerprint density at radius 2 is 1.80 bits per heavy atom. The van der Waals surface area contributed by atoms with Crippen molar-refractivity contribution in [2.45, 2.75) is 0 Å². The SMILES string of the molecule is Cl.Nc1cc(Oc2ccc(Nc3[nH]c(=O)ncc3C(=O)Nc3ccc(F)cc3F)cc2F)ccn1. The highest BCUT2D eigenvalue weighted by Crippen LogP contribution is 2.28. The van der Waals surface area contributed by atoms with Gasteiger partial charge >= 0.3 is 5.69 Å². The van der Waals surface area contributed by atoms with E-state index in [2.05, 4.69) is 25.6 Å². The number of H-pyrrole nitrogens is 1. The van der Waals surface area contributed by atoms with E-state index in [0.717, 1.165) is 24.4 Å². The Bertz CT molecular complexity index is 1450. The average molecular weight is 505 g/mol. The summed E-state index contributed by atoms with van der Waals surface area (Å²) in [5.74, 6) is -3.18. The molecule has 2 aromatic carbocycles. The summed E-state index contributed by atoms with van der Waals surface area (Å²) in [6.07, 6.45) is 2.36. The fraction of sp³-hybridized carbons (Fsp3) is 0. The van der Waals surface area contributed by atoms with Crippen molar-refractivity contribution < 1.29 is 22.7 Å². The van der Waals surface area contributed by atoms with Gasteiger partial charge in [0.25, 0.3) is 5.91 Å². The van der Waals surface area contributed by atoms with Crippen LogP contribution in [0.4, 0.5) is 36.2 Å². The quantitative estimate of drug-likeness (QED) is 0.306. The van der Waals surface area contributed by atoms with E-state index in [9.17, 15) is 22.8 Å². The van der Waals surface area contributed by atoms with Crippen LogP contribution in [0.2, 0.25) is 0 Å². The van der Waals surface area contributed by atoms with Gasteiger partial charge in [0.15, 0.2) is 11.6 Å². The molecule has 0 aliphatic rings. The number of nitrogens with zero attached hydrogens (tertiary/aromatic N) is 2. The molecule has 0 aliphatic carbocycles. The van der Waals surface area contributed by atoms with E-state index in [1.807, 2.05) is 0 Å². The minimum Gasteiger partial charge on any atom is -0.454 e. The van der Waals surface area contributed by atoms with Crippen molar-refractivity contribution in [3.8, 4) is 11.5 Å². The van der Waals surface area contributed by atoms with Crippen molar-refractivity contribution in [3.05, 3.63) is 94.4 Å². The number of halogens is 4. The van der Waals surface area contributed by atoms with Crippen LogP contribution in [0.3, 0.4) is 0 Å². The second kappa shape index (κ2) is 10.6. The first-order chi connectivity index (χ1) is 16.3. The number of aromatic nitrogens is 3. The monoisotopic (exact) mass is 504 g/mol. The van der Waals surface area contributed by atoms with E-state index < -0.39 is 29.0 Å². The number of carbonyl (C=O) groups excluding carboxylic acids is 1. The van der Waals surface area contributed by atoms with Gasteiger partial charge in [-0.25, -0.2) is 27.9 Å². The van der Waals surface area contributed by atoms with Gasteiger partial charge in [-0.1, -0.05) is 0 Å². The van der Waals surface area contributed by atoms with Crippen molar-refractivity contribution in [3.63, 3.8) is 0 Å². The van der Waals surface area contributed by atoms with Gasteiger partial charge in [-0.15, -0.1) is 12.4 Å². The fourth-order valence-corrected chi connectivity index (χ4v) is 2.87. The van der Waals surface area contributed by atoms with Gasteiger partial charge in [-0.3, -0.25) is 9.78 Å². The summed E-state index contributed by atoms with van der Waals surface area (Å²) in [4.78, 5) is 34.0. The van der Waals surface area contributed by atoms with Crippen molar-refractivity contribution in [1.82, 2.24) is 15.0 Å². The van der Waals surface area contributed by atoms with Crippen LogP contribution in [0.25, 0.3) is 0 Å². The molecule has 4 aromatic rings. The van der Waals surface area contributed by atoms with Crippen LogP contribution in [0.5, 0.6) is 11.5 Å². The summed E-state index contributed by atoms with van der Waals surface area (Å²) in [7, 11) is 0. The number of amides is 1. The second-order valence-electron chi connectivity index (χ2n) is 6.84. The van der Waals surface area contributed by atoms with Crippen LogP contribution in [0, 0.1) is 17.5 Å². The van der Waals surface area contributed by atoms with Crippen molar-refractivity contribution >= 4 is 41.3 Å². The number of pyridine rings is 1. The molecule has 9 nitrogen and oxygen atoms in total. The number of ether oxygens (including phenoxy) is 1. The number of nitrogens with two attached hydrogens (primary N) is 1. The van der Waals surface area contributed by atoms with Crippen molar-refractivity contribution in [1.29, 1.82) is 0 Å². The fourth-order valence-electron chi connectivity index (χ4n) is 2.87. The standard InChI is InChI=1S/C22H15F3N6O3.ClH/c23-11-1-3-17(15(24)7-11)30-21(32)14-10-28-22(33)31-20(14)29-12-2-4-18(16(25)8-12)34-13-5-6-27-19(26)9-13;/h1-10H,(H2,26,27)(H,30,32)(H2,28,29,31,33);1H. The van der Waals surface area contributed by atoms with Crippen molar-refractivity contribution in [2.24, 2.45) is 0 Å². The number of hydrogen-bond donors (Lipinski definition) is 4. The normalized spacial score (nSPS) is 10.3. The zero-order valence-electron chi connectivity index (χ0n) is 17.5. The highest BCUT2D eigenvalue weighted by molar-refractivity contribution is 6.07. The zero-order chi connectivity index (χ0) is 24.2. The Morgan fingerprint density at radius 1 is 1.00 bits per heavy atom. The molecule has 13 heteroatoms. The van der Waals surface area contributed by atoms with Crippen LogP contribution in [-0.2, 0) is 0 Å². The van der Waals surface area contributed by atoms with Gasteiger partial charge in [0, 0.05) is 36.3 Å². The predicted molar refractivity (Wildman–Crippen MR) is 125 cm³/mol. The Hall–Kier alpha value is -4.58. The minimum absolute atomic E-state index is 0. The maximum absolute atomic E-state index is 14.6. The first-order valence-corrected chi connectivity index (χ1v) is 9.60. The molecule has 0 bridgehead atoms. The number of aromatic amines is 1. The molecule has 0 atom stereocenters. The topological polar surface area (TPSA) is 135 Å². The molecule has 0 unspecified atom stereocenters. The molecular weight excluding hydrogens is 489 g/mol. The van der Waals surface area contributed by atoms with E-state index >= 15 is 0 Å². The van der Waals surface area contributed by atoms with E-state index in [1.54, 1.807) is 0 Å². The molecule has 5 N–H and O–H groups in total. The summed E-state index contributed by atoms with van der Waals surface area (Å²) in [5, 5.41) is 4.97. The van der Waals surface area contributed by atoms with Crippen molar-refractivity contribution in [2.75, 3.05) is 16.4 Å². The summed E-state index contributed by atoms with van der Waals surface area (Å²) < 4.78 is 47.0. The number of carbonyl (C=O) groups is 1. The van der Waals surface area contributed by atoms with Gasteiger partial charge in [0.2, 0.25) is 0 Å². The average Bonchev–Trinajstić information content (AvgIpc) is 2.78. The first kappa shape index (κ1) is 25.1. The highest BCUT2D eigenvalue weighted by Gasteiger charge is 2.17. The molecule has 0 spiro atoms. The summed E-state index contributed by atoms with van der Waals surface area (Å²) in [5.41, 5.74) is 4.47. The molecule has 0 radical (unpaired) electrons. The molecule has 180 valence electrons. The minimum atomic E-state index is -0.992. The van der Waals surface area contributed by atoms with E-state index in [4.69, 9.17) is 10.5 Å². The second-order valence-corrected chi connectivity index (χ2v) is 6.84. The molecule has 2 heterocycles. The molecule has 0 saturated carbocycles. The molecular formula is C22H16ClF3N6O3. The molecule has 0 saturated heterocycles. The Balaban J connectivity index is 0.00000342. The van der Waals surface area contributed by atoms with Crippen LogP contribution in [0.15, 0.2) is 65.7 Å². The number of anilines is 4. The maximum Gasteiger partial charge on any atom is 0.346 e. The van der Waals surface area contributed by atoms with E-state index in [0.29, 0.717) is 6.07 Å². The molecule has 2 aromatic heterocycles. The lowest BCUT2D eigenvalue weighted by molar-refractivity contribution is 0.102. The van der Waals surface area contributed by atoms with Gasteiger partial charge < -0.3 is 21.1 Å². The number of nitrogen functional groups attached to an aromatic ring is 1.